The van der Waals surface area contributed by atoms with E-state index in [9.17, 15) is 0 Å². The van der Waals surface area contributed by atoms with Crippen molar-refractivity contribution in [1.29, 1.82) is 0 Å². The summed E-state index contributed by atoms with van der Waals surface area (Å²) in [6.07, 6.45) is 0. The topological polar surface area (TPSA) is 0 Å². The summed E-state index contributed by atoms with van der Waals surface area (Å²) >= 11 is 0. The molecule has 0 aliphatic carbocycles. The van der Waals surface area contributed by atoms with Gasteiger partial charge in [-0.25, -0.2) is 0 Å². The van der Waals surface area contributed by atoms with Crippen LogP contribution >= 0.6 is 0 Å². The predicted molar refractivity (Wildman–Crippen MR) is 34.8 cm³/mol. The molecule has 2 rings (SSSR count). The van der Waals surface area contributed by atoms with Crippen molar-refractivity contribution in [3.63, 3.8) is 0 Å². The van der Waals surface area contributed by atoms with Crippen molar-refractivity contribution in [1.82, 2.24) is 0 Å². The standard InChI is InChI=1S/2C5H.Fe/c2*1-2-4-5-3-1;/h2*1H;/q2*-5;+3. The van der Waals surface area contributed by atoms with E-state index in [1.165, 1.54) is 0 Å². The molecule has 0 aliphatic heterocycles. The van der Waals surface area contributed by atoms with Crippen LogP contribution in [0.4, 0.5) is 0 Å². The van der Waals surface area contributed by atoms with E-state index in [2.05, 4.69) is 48.5 Å². The Kier molecular flexibility index (Phi) is 6.81. The van der Waals surface area contributed by atoms with Gasteiger partial charge in [-0.05, 0) is 0 Å². The van der Waals surface area contributed by atoms with Crippen molar-refractivity contribution in [3.05, 3.63) is 60.7 Å². The van der Waals surface area contributed by atoms with Crippen molar-refractivity contribution in [2.24, 2.45) is 0 Å². The monoisotopic (exact) mass is 178 g/mol. The van der Waals surface area contributed by atoms with Crippen LogP contribution in [0.5, 0.6) is 0 Å². The molecule has 2 aromatic carbocycles. The SMILES string of the molecule is [Fe+3].[c-]1[c-][c-][cH-][c-]1.[c-]1[c-][c-][cH-][c-]1. The van der Waals surface area contributed by atoms with E-state index < -0.39 is 0 Å². The van der Waals surface area contributed by atoms with Gasteiger partial charge in [0.15, 0.2) is 0 Å². The maximum Gasteiger partial charge on any atom is 3.00 e. The van der Waals surface area contributed by atoms with Crippen LogP contribution in [0.25, 0.3) is 0 Å². The summed E-state index contributed by atoms with van der Waals surface area (Å²) in [4.78, 5) is 0. The van der Waals surface area contributed by atoms with Crippen LogP contribution < -0.4 is 0 Å². The molecular formula is C10H2Fe-7. The summed E-state index contributed by atoms with van der Waals surface area (Å²) in [5.41, 5.74) is 0. The summed E-state index contributed by atoms with van der Waals surface area (Å²) in [5.74, 6) is 0. The quantitative estimate of drug-likeness (QED) is 0.420. The Bertz CT molecular complexity index is 144. The van der Waals surface area contributed by atoms with Crippen molar-refractivity contribution in [2.75, 3.05) is 0 Å². The van der Waals surface area contributed by atoms with E-state index in [-0.39, 0.29) is 17.1 Å². The first-order valence-corrected chi connectivity index (χ1v) is 2.65. The molecule has 0 nitrogen and oxygen atoms in total. The molecule has 0 amide bonds. The smallest absolute Gasteiger partial charge is 0.999 e. The third kappa shape index (κ3) is 5.65. The third-order valence-electron chi connectivity index (χ3n) is 0.702. The minimum Gasteiger partial charge on any atom is -0.999 e. The van der Waals surface area contributed by atoms with Crippen LogP contribution in [0.15, 0.2) is 12.1 Å². The van der Waals surface area contributed by atoms with Crippen LogP contribution in [0.1, 0.15) is 0 Å². The number of rotatable bonds is 0. The molecular weight excluding hydrogens is 176 g/mol. The Morgan fingerprint density at radius 1 is 0.545 bits per heavy atom. The normalized spacial score (nSPS) is 7.27. The molecule has 0 saturated carbocycles. The largest absolute Gasteiger partial charge is 3.00 e. The average Bonchev–Trinajstić information content (AvgIpc) is 2.67. The van der Waals surface area contributed by atoms with Gasteiger partial charge in [0, 0.05) is 0 Å². The average molecular weight is 178 g/mol. The Morgan fingerprint density at radius 2 is 0.818 bits per heavy atom. The summed E-state index contributed by atoms with van der Waals surface area (Å²) in [7, 11) is 0. The number of hydrogen-bond donors (Lipinski definition) is 0. The fraction of sp³-hybridized carbons (Fsp3) is 0. The van der Waals surface area contributed by atoms with Crippen molar-refractivity contribution in [2.45, 2.75) is 0 Å². The summed E-state index contributed by atoms with van der Waals surface area (Å²) < 4.78 is 0. The first-order chi connectivity index (χ1) is 5.00. The molecule has 57 valence electrons. The van der Waals surface area contributed by atoms with Crippen molar-refractivity contribution < 1.29 is 17.1 Å². The number of hydrogen-bond acceptors (Lipinski definition) is 0. The zero-order chi connectivity index (χ0) is 7.07. The summed E-state index contributed by atoms with van der Waals surface area (Å²) in [5, 5.41) is 0. The van der Waals surface area contributed by atoms with Gasteiger partial charge in [-0.3, -0.25) is 0 Å². The summed E-state index contributed by atoms with van der Waals surface area (Å²) in [6, 6.07) is 24.0. The van der Waals surface area contributed by atoms with E-state index >= 15 is 0 Å². The first kappa shape index (κ1) is 10.2. The Morgan fingerprint density at radius 3 is 0.909 bits per heavy atom. The molecule has 0 saturated heterocycles. The molecule has 0 unspecified atom stereocenters. The van der Waals surface area contributed by atoms with E-state index in [0.717, 1.165) is 0 Å². The Labute approximate surface area is 78.1 Å². The van der Waals surface area contributed by atoms with Crippen LogP contribution in [-0.2, 0) is 17.1 Å². The molecule has 0 heterocycles. The molecule has 0 N–H and O–H groups in total. The molecule has 0 bridgehead atoms. The second-order valence-electron chi connectivity index (χ2n) is 1.37. The molecule has 0 aliphatic rings. The molecule has 2 aromatic rings. The molecule has 0 spiro atoms. The fourth-order valence-corrected chi connectivity index (χ4v) is 0.361. The minimum absolute atomic E-state index is 0. The van der Waals surface area contributed by atoms with Crippen LogP contribution in [-0.4, -0.2) is 0 Å². The zero-order valence-electron chi connectivity index (χ0n) is 5.51. The molecule has 0 atom stereocenters. The third-order valence-corrected chi connectivity index (χ3v) is 0.702. The van der Waals surface area contributed by atoms with Gasteiger partial charge in [0.1, 0.15) is 0 Å². The second kappa shape index (κ2) is 7.33. The van der Waals surface area contributed by atoms with Gasteiger partial charge in [-0.15, -0.1) is 0 Å². The van der Waals surface area contributed by atoms with Crippen LogP contribution in [0.3, 0.4) is 0 Å². The molecule has 1 radical (unpaired) electrons. The van der Waals surface area contributed by atoms with Gasteiger partial charge >= 0.3 is 17.1 Å². The Hall–Kier alpha value is -0.781. The van der Waals surface area contributed by atoms with E-state index in [0.29, 0.717) is 0 Å². The summed E-state index contributed by atoms with van der Waals surface area (Å²) in [6.45, 7) is 0. The van der Waals surface area contributed by atoms with Crippen molar-refractivity contribution >= 4 is 0 Å². The van der Waals surface area contributed by atoms with Gasteiger partial charge in [0.25, 0.3) is 0 Å². The maximum atomic E-state index is 2.62. The minimum atomic E-state index is 0. The fourth-order valence-electron chi connectivity index (χ4n) is 0.361. The van der Waals surface area contributed by atoms with Gasteiger partial charge in [-0.1, -0.05) is 0 Å². The maximum absolute atomic E-state index is 2.62. The van der Waals surface area contributed by atoms with Crippen LogP contribution in [0.2, 0.25) is 0 Å². The molecule has 0 aromatic heterocycles. The van der Waals surface area contributed by atoms with E-state index in [4.69, 9.17) is 0 Å². The molecule has 11 heavy (non-hydrogen) atoms. The second-order valence-corrected chi connectivity index (χ2v) is 1.37. The predicted octanol–water partition coefficient (Wildman–Crippen LogP) is 1.21. The zero-order valence-corrected chi connectivity index (χ0v) is 6.61. The molecule has 1 heteroatoms. The van der Waals surface area contributed by atoms with E-state index in [1.807, 2.05) is 0 Å². The van der Waals surface area contributed by atoms with Gasteiger partial charge in [-0.2, -0.15) is 0 Å². The van der Waals surface area contributed by atoms with Crippen LogP contribution in [0, 0.1) is 48.5 Å². The Balaban J connectivity index is 0.000000167. The van der Waals surface area contributed by atoms with Gasteiger partial charge in [0.2, 0.25) is 0 Å². The molecule has 0 fully saturated rings. The van der Waals surface area contributed by atoms with E-state index in [1.54, 1.807) is 12.1 Å². The van der Waals surface area contributed by atoms with Gasteiger partial charge < -0.3 is 60.7 Å². The van der Waals surface area contributed by atoms with Gasteiger partial charge in [0.05, 0.1) is 0 Å². The van der Waals surface area contributed by atoms with Crippen molar-refractivity contribution in [3.8, 4) is 0 Å². The first-order valence-electron chi connectivity index (χ1n) is 2.65.